The highest BCUT2D eigenvalue weighted by Gasteiger charge is 2.09. The Morgan fingerprint density at radius 1 is 0.773 bits per heavy atom. The summed E-state index contributed by atoms with van der Waals surface area (Å²) >= 11 is 0. The molecule has 2 rings (SSSR count). The number of hydrogen-bond acceptors (Lipinski definition) is 4. The van der Waals surface area contributed by atoms with E-state index in [-0.39, 0.29) is 0 Å². The van der Waals surface area contributed by atoms with Crippen molar-refractivity contribution in [2.45, 2.75) is 0 Å². The third-order valence-corrected chi connectivity index (χ3v) is 3.47. The summed E-state index contributed by atoms with van der Waals surface area (Å²) < 4.78 is 0. The van der Waals surface area contributed by atoms with E-state index in [4.69, 9.17) is 4.84 Å². The fourth-order valence-electron chi connectivity index (χ4n) is 2.17. The summed E-state index contributed by atoms with van der Waals surface area (Å²) in [6.07, 6.45) is 0. The topological polar surface area (TPSA) is 28.1 Å². The molecule has 1 radical (unpaired) electrons. The van der Waals surface area contributed by atoms with Crippen molar-refractivity contribution in [1.82, 2.24) is 0 Å². The first-order chi connectivity index (χ1) is 10.5. The molecular formula is C18H22N3O. The zero-order chi connectivity index (χ0) is 16.1. The van der Waals surface area contributed by atoms with Crippen LogP contribution in [-0.2, 0) is 4.84 Å². The third-order valence-electron chi connectivity index (χ3n) is 3.47. The SMILES string of the molecule is [CH2]ON=C(c1ccc(N(C)C)cc1)c1ccc(N(C)C)cc1. The van der Waals surface area contributed by atoms with Gasteiger partial charge in [0.2, 0.25) is 0 Å². The summed E-state index contributed by atoms with van der Waals surface area (Å²) in [6, 6.07) is 16.4. The second-order valence-corrected chi connectivity index (χ2v) is 5.45. The van der Waals surface area contributed by atoms with Crippen LogP contribution in [0.2, 0.25) is 0 Å². The predicted molar refractivity (Wildman–Crippen MR) is 93.6 cm³/mol. The Bertz CT molecular complexity index is 575. The molecule has 0 unspecified atom stereocenters. The number of benzene rings is 2. The zero-order valence-corrected chi connectivity index (χ0v) is 13.6. The quantitative estimate of drug-likeness (QED) is 0.625. The molecule has 0 spiro atoms. The van der Waals surface area contributed by atoms with Gasteiger partial charge in [-0.15, -0.1) is 0 Å². The van der Waals surface area contributed by atoms with Gasteiger partial charge in [0.15, 0.2) is 7.11 Å². The maximum absolute atomic E-state index is 4.79. The highest BCUT2D eigenvalue weighted by Crippen LogP contribution is 2.19. The van der Waals surface area contributed by atoms with Gasteiger partial charge in [0.25, 0.3) is 0 Å². The lowest BCUT2D eigenvalue weighted by molar-refractivity contribution is 0.261. The smallest absolute Gasteiger partial charge is 0.153 e. The molecule has 0 fully saturated rings. The van der Waals surface area contributed by atoms with Crippen molar-refractivity contribution in [1.29, 1.82) is 0 Å². The van der Waals surface area contributed by atoms with Gasteiger partial charge in [-0.05, 0) is 24.3 Å². The van der Waals surface area contributed by atoms with Gasteiger partial charge in [-0.2, -0.15) is 0 Å². The van der Waals surface area contributed by atoms with Crippen molar-refractivity contribution in [3.63, 3.8) is 0 Å². The van der Waals surface area contributed by atoms with Gasteiger partial charge < -0.3 is 14.6 Å². The van der Waals surface area contributed by atoms with E-state index in [1.54, 1.807) is 0 Å². The van der Waals surface area contributed by atoms with Gasteiger partial charge >= 0.3 is 0 Å². The molecule has 115 valence electrons. The lowest BCUT2D eigenvalue weighted by Crippen LogP contribution is -2.10. The van der Waals surface area contributed by atoms with Crippen LogP contribution < -0.4 is 9.80 Å². The summed E-state index contributed by atoms with van der Waals surface area (Å²) in [7, 11) is 11.4. The Morgan fingerprint density at radius 2 is 1.14 bits per heavy atom. The van der Waals surface area contributed by atoms with E-state index >= 15 is 0 Å². The average Bonchev–Trinajstić information content (AvgIpc) is 2.53. The van der Waals surface area contributed by atoms with Crippen molar-refractivity contribution in [2.75, 3.05) is 38.0 Å². The monoisotopic (exact) mass is 296 g/mol. The summed E-state index contributed by atoms with van der Waals surface area (Å²) in [5.41, 5.74) is 5.03. The van der Waals surface area contributed by atoms with Crippen molar-refractivity contribution in [2.24, 2.45) is 5.16 Å². The van der Waals surface area contributed by atoms with Crippen LogP contribution in [0.1, 0.15) is 11.1 Å². The second kappa shape index (κ2) is 6.98. The zero-order valence-electron chi connectivity index (χ0n) is 13.6. The van der Waals surface area contributed by atoms with Gasteiger partial charge in [-0.1, -0.05) is 29.4 Å². The van der Waals surface area contributed by atoms with Gasteiger partial charge in [-0.3, -0.25) is 0 Å². The second-order valence-electron chi connectivity index (χ2n) is 5.45. The van der Waals surface area contributed by atoms with E-state index in [1.807, 2.05) is 52.5 Å². The molecule has 22 heavy (non-hydrogen) atoms. The molecule has 0 saturated carbocycles. The number of oxime groups is 1. The maximum Gasteiger partial charge on any atom is 0.153 e. The van der Waals surface area contributed by atoms with Gasteiger partial charge in [0.05, 0.1) is 0 Å². The minimum absolute atomic E-state index is 0.769. The van der Waals surface area contributed by atoms with Crippen LogP contribution in [0.15, 0.2) is 53.7 Å². The number of rotatable bonds is 5. The maximum atomic E-state index is 4.79. The largest absolute Gasteiger partial charge is 0.392 e. The third kappa shape index (κ3) is 3.58. The molecule has 4 heteroatoms. The van der Waals surface area contributed by atoms with Crippen molar-refractivity contribution in [3.8, 4) is 0 Å². The predicted octanol–water partition coefficient (Wildman–Crippen LogP) is 3.38. The van der Waals surface area contributed by atoms with E-state index in [0.29, 0.717) is 0 Å². The number of nitrogens with zero attached hydrogens (tertiary/aromatic N) is 3. The molecule has 0 aliphatic heterocycles. The van der Waals surface area contributed by atoms with Crippen molar-refractivity contribution >= 4 is 17.1 Å². The highest BCUT2D eigenvalue weighted by molar-refractivity contribution is 6.12. The Labute approximate surface area is 132 Å². The standard InChI is InChI=1S/C18H22N3O/c1-20(2)16-10-6-14(7-11-16)18(19-22-5)15-8-12-17(13-9-15)21(3)4/h6-13H,5H2,1-4H3. The van der Waals surface area contributed by atoms with Crippen LogP contribution in [0.4, 0.5) is 11.4 Å². The number of anilines is 2. The molecule has 0 N–H and O–H groups in total. The van der Waals surface area contributed by atoms with Crippen molar-refractivity contribution in [3.05, 3.63) is 66.8 Å². The number of hydrogen-bond donors (Lipinski definition) is 0. The van der Waals surface area contributed by atoms with Crippen LogP contribution in [0.3, 0.4) is 0 Å². The normalized spacial score (nSPS) is 10.0. The summed E-state index contributed by atoms with van der Waals surface area (Å²) in [5, 5.41) is 4.09. The fourth-order valence-corrected chi connectivity index (χ4v) is 2.17. The van der Waals surface area contributed by atoms with E-state index in [9.17, 15) is 0 Å². The fraction of sp³-hybridized carbons (Fsp3) is 0.222. The average molecular weight is 296 g/mol. The molecule has 0 aromatic heterocycles. The van der Waals surface area contributed by atoms with Crippen LogP contribution >= 0.6 is 0 Å². The first kappa shape index (κ1) is 15.9. The van der Waals surface area contributed by atoms with Crippen LogP contribution in [0.25, 0.3) is 0 Å². The van der Waals surface area contributed by atoms with Gasteiger partial charge in [0, 0.05) is 50.7 Å². The van der Waals surface area contributed by atoms with E-state index in [2.05, 4.69) is 46.3 Å². The Kier molecular flexibility index (Phi) is 5.04. The van der Waals surface area contributed by atoms with Gasteiger partial charge in [0.1, 0.15) is 5.71 Å². The Morgan fingerprint density at radius 3 is 1.41 bits per heavy atom. The van der Waals surface area contributed by atoms with Gasteiger partial charge in [-0.25, -0.2) is 0 Å². The lowest BCUT2D eigenvalue weighted by atomic mass is 10.0. The highest BCUT2D eigenvalue weighted by atomic mass is 16.6. The molecule has 0 aliphatic carbocycles. The first-order valence-corrected chi connectivity index (χ1v) is 7.07. The molecule has 2 aromatic rings. The van der Waals surface area contributed by atoms with Crippen molar-refractivity contribution < 1.29 is 4.84 Å². The molecule has 0 atom stereocenters. The molecular weight excluding hydrogens is 274 g/mol. The summed E-state index contributed by atoms with van der Waals surface area (Å²) in [5.74, 6) is 0. The molecule has 0 aliphatic rings. The first-order valence-electron chi connectivity index (χ1n) is 7.07. The minimum atomic E-state index is 0.769. The Hall–Kier alpha value is -2.49. The Balaban J connectivity index is 2.36. The van der Waals surface area contributed by atoms with E-state index < -0.39 is 0 Å². The molecule has 2 aromatic carbocycles. The molecule has 0 heterocycles. The van der Waals surface area contributed by atoms with Crippen LogP contribution in [-0.4, -0.2) is 33.9 Å². The van der Waals surface area contributed by atoms with E-state index in [1.165, 1.54) is 0 Å². The van der Waals surface area contributed by atoms with Crippen LogP contribution in [0, 0.1) is 7.11 Å². The summed E-state index contributed by atoms with van der Waals surface area (Å²) in [6.45, 7) is 0. The van der Waals surface area contributed by atoms with E-state index in [0.717, 1.165) is 28.2 Å². The summed E-state index contributed by atoms with van der Waals surface area (Å²) in [4.78, 5) is 8.91. The van der Waals surface area contributed by atoms with Crippen LogP contribution in [0.5, 0.6) is 0 Å². The minimum Gasteiger partial charge on any atom is -0.392 e. The molecule has 0 saturated heterocycles. The lowest BCUT2D eigenvalue weighted by Gasteiger charge is -2.15. The molecule has 0 bridgehead atoms. The molecule has 0 amide bonds. The molecule has 4 nitrogen and oxygen atoms in total.